The lowest BCUT2D eigenvalue weighted by Gasteiger charge is -2.06. The molecule has 2 aromatic carbocycles. The van der Waals surface area contributed by atoms with E-state index in [9.17, 15) is 9.59 Å². The van der Waals surface area contributed by atoms with Crippen LogP contribution in [0.2, 0.25) is 5.02 Å². The summed E-state index contributed by atoms with van der Waals surface area (Å²) in [7, 11) is 0. The molecule has 0 atom stereocenters. The summed E-state index contributed by atoms with van der Waals surface area (Å²) in [4.78, 5) is 27.7. The number of nitriles is 1. The van der Waals surface area contributed by atoms with Gasteiger partial charge in [0.25, 0.3) is 5.91 Å². The van der Waals surface area contributed by atoms with Crippen LogP contribution in [0.4, 0.5) is 5.69 Å². The maximum atomic E-state index is 11.8. The second-order valence-electron chi connectivity index (χ2n) is 5.32. The maximum absolute atomic E-state index is 11.8. The fourth-order valence-corrected chi connectivity index (χ4v) is 2.39. The van der Waals surface area contributed by atoms with Crippen molar-refractivity contribution in [3.8, 4) is 6.07 Å². The van der Waals surface area contributed by atoms with Crippen LogP contribution in [0.3, 0.4) is 0 Å². The maximum Gasteiger partial charge on any atom is 0.331 e. The van der Waals surface area contributed by atoms with Crippen LogP contribution in [0, 0.1) is 11.3 Å². The number of benzene rings is 2. The van der Waals surface area contributed by atoms with Crippen molar-refractivity contribution in [3.05, 3.63) is 65.0 Å². The summed E-state index contributed by atoms with van der Waals surface area (Å²) in [5.74, 6) is -1.01. The number of hydrogen-bond acceptors (Lipinski definition) is 6. The van der Waals surface area contributed by atoms with Crippen LogP contribution in [-0.2, 0) is 14.3 Å². The molecule has 27 heavy (non-hydrogen) atoms. The minimum absolute atomic E-state index is 0.216. The number of nitrogens with one attached hydrogen (secondary N) is 1. The van der Waals surface area contributed by atoms with E-state index in [4.69, 9.17) is 26.0 Å². The Bertz CT molecular complexity index is 1050. The quantitative estimate of drug-likeness (QED) is 0.535. The molecule has 3 rings (SSSR count). The average Bonchev–Trinajstić information content (AvgIpc) is 3.08. The highest BCUT2D eigenvalue weighted by atomic mass is 35.5. The minimum Gasteiger partial charge on any atom is -0.452 e. The molecule has 8 heteroatoms. The number of esters is 1. The molecule has 1 heterocycles. The summed E-state index contributed by atoms with van der Waals surface area (Å²) in [6, 6.07) is 13.5. The van der Waals surface area contributed by atoms with Gasteiger partial charge in [-0.25, -0.2) is 9.78 Å². The lowest BCUT2D eigenvalue weighted by Crippen LogP contribution is -2.20. The zero-order valence-electron chi connectivity index (χ0n) is 13.8. The van der Waals surface area contributed by atoms with Gasteiger partial charge in [0.15, 0.2) is 12.2 Å². The predicted molar refractivity (Wildman–Crippen MR) is 98.8 cm³/mol. The Labute approximate surface area is 158 Å². The number of carbonyl (C=O) groups excluding carboxylic acids is 2. The third-order valence-electron chi connectivity index (χ3n) is 3.39. The number of anilines is 1. The molecule has 0 fully saturated rings. The van der Waals surface area contributed by atoms with E-state index in [2.05, 4.69) is 10.3 Å². The third kappa shape index (κ3) is 4.71. The van der Waals surface area contributed by atoms with E-state index in [0.717, 1.165) is 6.08 Å². The number of oxazole rings is 1. The van der Waals surface area contributed by atoms with Gasteiger partial charge in [0.1, 0.15) is 11.6 Å². The summed E-state index contributed by atoms with van der Waals surface area (Å²) in [5, 5.41) is 11.5. The number of ether oxygens (including phenoxy) is 1. The highest BCUT2D eigenvalue weighted by molar-refractivity contribution is 6.32. The predicted octanol–water partition coefficient (Wildman–Crippen LogP) is 3.55. The number of halogens is 1. The Morgan fingerprint density at radius 1 is 1.30 bits per heavy atom. The number of para-hydroxylation sites is 2. The first-order valence-corrected chi connectivity index (χ1v) is 8.13. The zero-order valence-corrected chi connectivity index (χ0v) is 14.6. The number of amides is 1. The number of carbonyl (C=O) groups is 2. The van der Waals surface area contributed by atoms with Gasteiger partial charge in [0.05, 0.1) is 10.6 Å². The molecule has 0 unspecified atom stereocenters. The number of aromatic nitrogens is 1. The van der Waals surface area contributed by atoms with E-state index < -0.39 is 18.5 Å². The molecule has 0 aliphatic carbocycles. The fourth-order valence-electron chi connectivity index (χ4n) is 2.17. The lowest BCUT2D eigenvalue weighted by molar-refractivity contribution is -0.142. The number of hydrogen-bond donors (Lipinski definition) is 1. The van der Waals surface area contributed by atoms with Gasteiger partial charge in [-0.05, 0) is 30.3 Å². The van der Waals surface area contributed by atoms with Crippen LogP contribution >= 0.6 is 11.6 Å². The molecule has 0 saturated heterocycles. The van der Waals surface area contributed by atoms with Gasteiger partial charge in [0.2, 0.25) is 5.89 Å². The number of fused-ring (bicyclic) bond motifs is 1. The van der Waals surface area contributed by atoms with Crippen LogP contribution in [0.5, 0.6) is 0 Å². The SMILES string of the molecule is N#Cc1ccc(NC(=O)COC(=O)/C=C/c2nc3ccccc3o2)cc1Cl. The van der Waals surface area contributed by atoms with Crippen molar-refractivity contribution < 1.29 is 18.7 Å². The summed E-state index contributed by atoms with van der Waals surface area (Å²) in [6.45, 7) is -0.478. The summed E-state index contributed by atoms with van der Waals surface area (Å²) in [6.07, 6.45) is 2.48. The Balaban J connectivity index is 1.51. The van der Waals surface area contributed by atoms with Gasteiger partial charge >= 0.3 is 5.97 Å². The van der Waals surface area contributed by atoms with Crippen LogP contribution in [-0.4, -0.2) is 23.5 Å². The lowest BCUT2D eigenvalue weighted by atomic mass is 10.2. The molecular formula is C19H12ClN3O4. The molecule has 0 aliphatic rings. The van der Waals surface area contributed by atoms with Gasteiger partial charge in [-0.1, -0.05) is 23.7 Å². The molecule has 3 aromatic rings. The second kappa shape index (κ2) is 8.17. The smallest absolute Gasteiger partial charge is 0.331 e. The summed E-state index contributed by atoms with van der Waals surface area (Å²) < 4.78 is 10.3. The molecule has 0 radical (unpaired) electrons. The Kier molecular flexibility index (Phi) is 5.50. The topological polar surface area (TPSA) is 105 Å². The van der Waals surface area contributed by atoms with Crippen LogP contribution in [0.25, 0.3) is 17.2 Å². The number of nitrogens with zero attached hydrogens (tertiary/aromatic N) is 2. The Morgan fingerprint density at radius 3 is 2.85 bits per heavy atom. The van der Waals surface area contributed by atoms with Gasteiger partial charge in [-0.3, -0.25) is 4.79 Å². The highest BCUT2D eigenvalue weighted by Crippen LogP contribution is 2.20. The normalized spacial score (nSPS) is 10.7. The average molecular weight is 382 g/mol. The third-order valence-corrected chi connectivity index (χ3v) is 3.70. The van der Waals surface area contributed by atoms with E-state index in [1.165, 1.54) is 24.3 Å². The van der Waals surface area contributed by atoms with E-state index in [-0.39, 0.29) is 10.9 Å². The first-order chi connectivity index (χ1) is 13.0. The molecule has 1 N–H and O–H groups in total. The van der Waals surface area contributed by atoms with Gasteiger partial charge < -0.3 is 14.5 Å². The largest absolute Gasteiger partial charge is 0.452 e. The van der Waals surface area contributed by atoms with Gasteiger partial charge in [-0.2, -0.15) is 5.26 Å². The molecule has 0 saturated carbocycles. The standard InChI is InChI=1S/C19H12ClN3O4/c20-14-9-13(6-5-12(14)10-21)22-17(24)11-26-19(25)8-7-18-23-15-3-1-2-4-16(15)27-18/h1-9H,11H2,(H,22,24)/b8-7+. The Morgan fingerprint density at radius 2 is 2.11 bits per heavy atom. The van der Waals surface area contributed by atoms with Crippen molar-refractivity contribution in [2.24, 2.45) is 0 Å². The van der Waals surface area contributed by atoms with Crippen molar-refractivity contribution in [2.45, 2.75) is 0 Å². The van der Waals surface area contributed by atoms with Crippen LogP contribution < -0.4 is 5.32 Å². The molecule has 7 nitrogen and oxygen atoms in total. The van der Waals surface area contributed by atoms with Crippen molar-refractivity contribution in [1.29, 1.82) is 5.26 Å². The van der Waals surface area contributed by atoms with Crippen molar-refractivity contribution in [2.75, 3.05) is 11.9 Å². The van der Waals surface area contributed by atoms with Crippen molar-refractivity contribution in [1.82, 2.24) is 4.98 Å². The van der Waals surface area contributed by atoms with Gasteiger partial charge in [-0.15, -0.1) is 0 Å². The van der Waals surface area contributed by atoms with Crippen LogP contribution in [0.1, 0.15) is 11.5 Å². The second-order valence-corrected chi connectivity index (χ2v) is 5.72. The Hall–Kier alpha value is -3.63. The molecule has 134 valence electrons. The monoisotopic (exact) mass is 381 g/mol. The molecule has 0 bridgehead atoms. The van der Waals surface area contributed by atoms with Crippen molar-refractivity contribution >= 4 is 46.3 Å². The zero-order chi connectivity index (χ0) is 19.2. The summed E-state index contributed by atoms with van der Waals surface area (Å²) >= 11 is 5.89. The summed E-state index contributed by atoms with van der Waals surface area (Å²) in [5.41, 5.74) is 1.96. The van der Waals surface area contributed by atoms with E-state index in [0.29, 0.717) is 22.4 Å². The van der Waals surface area contributed by atoms with Crippen LogP contribution in [0.15, 0.2) is 53.0 Å². The molecule has 1 amide bonds. The van der Waals surface area contributed by atoms with E-state index in [1.54, 1.807) is 12.1 Å². The molecular weight excluding hydrogens is 370 g/mol. The molecule has 0 aliphatic heterocycles. The first kappa shape index (κ1) is 18.2. The first-order valence-electron chi connectivity index (χ1n) is 7.75. The molecule has 0 spiro atoms. The van der Waals surface area contributed by atoms with Crippen molar-refractivity contribution in [3.63, 3.8) is 0 Å². The van der Waals surface area contributed by atoms with E-state index >= 15 is 0 Å². The number of rotatable bonds is 5. The van der Waals surface area contributed by atoms with Gasteiger partial charge in [0, 0.05) is 17.8 Å². The molecule has 1 aromatic heterocycles. The highest BCUT2D eigenvalue weighted by Gasteiger charge is 2.08. The fraction of sp³-hybridized carbons (Fsp3) is 0.0526. The van der Waals surface area contributed by atoms with E-state index in [1.807, 2.05) is 18.2 Å². The minimum atomic E-state index is -0.717.